The van der Waals surface area contributed by atoms with Crippen LogP contribution in [0.1, 0.15) is 14.4 Å². The Morgan fingerprint density at radius 2 is 2.00 bits per heavy atom. The summed E-state index contributed by atoms with van der Waals surface area (Å²) in [6, 6.07) is 0. The Labute approximate surface area is 42.2 Å². The van der Waals surface area contributed by atoms with E-state index in [2.05, 4.69) is 16.2 Å². The first-order valence-electron chi connectivity index (χ1n) is 1.06. The Kier molecular flexibility index (Phi) is 7.32. The fourth-order valence-corrected chi connectivity index (χ4v) is 0. The highest BCUT2D eigenvalue weighted by molar-refractivity contribution is 6.12. The highest BCUT2D eigenvalue weighted by Crippen LogP contribution is 1.75. The molecule has 3 heteroatoms. The quantitative estimate of drug-likeness (QED) is 0.470. The van der Waals surface area contributed by atoms with Gasteiger partial charge in [-0.1, -0.05) is 7.43 Å². The molecule has 0 N–H and O–H groups in total. The molecule has 38 valence electrons. The van der Waals surface area contributed by atoms with Gasteiger partial charge < -0.3 is 4.29 Å². The average molecular weight is 111 g/mol. The van der Waals surface area contributed by atoms with E-state index in [0.717, 1.165) is 0 Å². The minimum absolute atomic E-state index is 0. The number of rotatable bonds is 0. The first kappa shape index (κ1) is 9.23. The van der Waals surface area contributed by atoms with E-state index >= 15 is 0 Å². The lowest BCUT2D eigenvalue weighted by Crippen LogP contribution is -1.82. The van der Waals surface area contributed by atoms with Crippen LogP contribution in [0.15, 0.2) is 0 Å². The second-order valence-electron chi connectivity index (χ2n) is 0.569. The molecule has 0 radical (unpaired) electrons. The third kappa shape index (κ3) is 9.25. The van der Waals surface area contributed by atoms with Crippen molar-refractivity contribution in [3.05, 3.63) is 0 Å². The van der Waals surface area contributed by atoms with Crippen molar-refractivity contribution in [3.8, 4) is 0 Å². The smallest absolute Gasteiger partial charge is 0.321 e. The molecule has 6 heavy (non-hydrogen) atoms. The van der Waals surface area contributed by atoms with Crippen molar-refractivity contribution in [2.45, 2.75) is 14.4 Å². The van der Waals surface area contributed by atoms with Gasteiger partial charge in [-0.05, 0) is 0 Å². The molecular weight excluding hydrogens is 103 g/mol. The van der Waals surface area contributed by atoms with Crippen molar-refractivity contribution in [1.82, 2.24) is 0 Å². The summed E-state index contributed by atoms with van der Waals surface area (Å²) >= 11 is 4.49. The van der Waals surface area contributed by atoms with E-state index in [9.17, 15) is 4.79 Å². The molecule has 0 spiro atoms. The molecule has 0 rings (SSSR count). The SMILES string of the molecule is C.CC(=O)OCl. The van der Waals surface area contributed by atoms with Gasteiger partial charge >= 0.3 is 5.97 Å². The summed E-state index contributed by atoms with van der Waals surface area (Å²) in [5, 5.41) is 0. The molecular formula is C3H7ClO2. The molecule has 0 amide bonds. The molecule has 0 bridgehead atoms. The van der Waals surface area contributed by atoms with Crippen LogP contribution >= 0.6 is 11.9 Å². The molecule has 0 saturated carbocycles. The lowest BCUT2D eigenvalue weighted by molar-refractivity contribution is -0.131. The van der Waals surface area contributed by atoms with Crippen LogP contribution in [0.4, 0.5) is 0 Å². The van der Waals surface area contributed by atoms with E-state index in [4.69, 9.17) is 0 Å². The second-order valence-corrected chi connectivity index (χ2v) is 0.723. The third-order valence-electron chi connectivity index (χ3n) is 0.109. The first-order chi connectivity index (χ1) is 2.27. The fraction of sp³-hybridized carbons (Fsp3) is 0.667. The van der Waals surface area contributed by atoms with E-state index in [0.29, 0.717) is 0 Å². The second kappa shape index (κ2) is 4.76. The highest BCUT2D eigenvalue weighted by atomic mass is 35.5. The number of carbonyl (C=O) groups is 1. The van der Waals surface area contributed by atoms with E-state index < -0.39 is 5.97 Å². The van der Waals surface area contributed by atoms with Gasteiger partial charge in [-0.3, -0.25) is 4.79 Å². The van der Waals surface area contributed by atoms with Gasteiger partial charge in [0.15, 0.2) is 0 Å². The van der Waals surface area contributed by atoms with Crippen molar-refractivity contribution >= 4 is 17.8 Å². The molecule has 2 nitrogen and oxygen atoms in total. The minimum Gasteiger partial charge on any atom is -0.348 e. The largest absolute Gasteiger partial charge is 0.348 e. The number of halogens is 1. The van der Waals surface area contributed by atoms with Crippen LogP contribution < -0.4 is 0 Å². The van der Waals surface area contributed by atoms with Crippen LogP contribution in [0, 0.1) is 0 Å². The van der Waals surface area contributed by atoms with E-state index in [1.807, 2.05) is 0 Å². The Balaban J connectivity index is 0. The monoisotopic (exact) mass is 110 g/mol. The van der Waals surface area contributed by atoms with Crippen LogP contribution in [-0.2, 0) is 9.08 Å². The van der Waals surface area contributed by atoms with E-state index in [1.54, 1.807) is 0 Å². The molecule has 0 saturated heterocycles. The van der Waals surface area contributed by atoms with E-state index in [1.165, 1.54) is 6.92 Å². The summed E-state index contributed by atoms with van der Waals surface area (Å²) in [6.07, 6.45) is 0. The van der Waals surface area contributed by atoms with Crippen LogP contribution in [0.3, 0.4) is 0 Å². The number of hydrogen-bond acceptors (Lipinski definition) is 2. The molecule has 0 heterocycles. The summed E-state index contributed by atoms with van der Waals surface area (Å²) in [4.78, 5) is 9.46. The maximum absolute atomic E-state index is 9.46. The summed E-state index contributed by atoms with van der Waals surface area (Å²) in [6.45, 7) is 1.23. The van der Waals surface area contributed by atoms with Crippen molar-refractivity contribution in [2.24, 2.45) is 0 Å². The molecule has 0 fully saturated rings. The Morgan fingerprint density at radius 3 is 2.00 bits per heavy atom. The third-order valence-corrected chi connectivity index (χ3v) is 0.326. The standard InChI is InChI=1S/C2H3ClO2.CH4/c1-2(4)5-3;/h1H3;1H4. The van der Waals surface area contributed by atoms with Crippen LogP contribution in [0.5, 0.6) is 0 Å². The molecule has 0 aliphatic heterocycles. The van der Waals surface area contributed by atoms with Crippen LogP contribution in [0.25, 0.3) is 0 Å². The van der Waals surface area contributed by atoms with Gasteiger partial charge in [0.25, 0.3) is 0 Å². The van der Waals surface area contributed by atoms with Gasteiger partial charge in [-0.15, -0.1) is 0 Å². The Hall–Kier alpha value is -0.240. The molecule has 0 aromatic carbocycles. The topological polar surface area (TPSA) is 26.3 Å². The summed E-state index contributed by atoms with van der Waals surface area (Å²) in [5.41, 5.74) is 0. The lowest BCUT2D eigenvalue weighted by Gasteiger charge is -1.74. The molecule has 0 aromatic rings. The van der Waals surface area contributed by atoms with Crippen molar-refractivity contribution in [1.29, 1.82) is 0 Å². The van der Waals surface area contributed by atoms with Crippen LogP contribution in [0.2, 0.25) is 0 Å². The van der Waals surface area contributed by atoms with Gasteiger partial charge in [0.2, 0.25) is 0 Å². The zero-order chi connectivity index (χ0) is 4.28. The normalized spacial score (nSPS) is 5.67. The predicted octanol–water partition coefficient (Wildman–Crippen LogP) is 1.34. The van der Waals surface area contributed by atoms with E-state index in [-0.39, 0.29) is 7.43 Å². The number of carbonyl (C=O) groups excluding carboxylic acids is 1. The number of hydrogen-bond donors (Lipinski definition) is 0. The Bertz CT molecular complexity index is 44.1. The zero-order valence-corrected chi connectivity index (χ0v) is 3.45. The molecule has 0 aliphatic carbocycles. The van der Waals surface area contributed by atoms with Crippen LogP contribution in [-0.4, -0.2) is 5.97 Å². The van der Waals surface area contributed by atoms with Crippen molar-refractivity contribution < 1.29 is 9.08 Å². The van der Waals surface area contributed by atoms with Gasteiger partial charge in [0.1, 0.15) is 11.9 Å². The average Bonchev–Trinajstić information content (AvgIpc) is 1.38. The fourth-order valence-electron chi connectivity index (χ4n) is 0. The molecule has 0 unspecified atom stereocenters. The minimum atomic E-state index is -0.480. The lowest BCUT2D eigenvalue weighted by atomic mass is 10.9. The van der Waals surface area contributed by atoms with Crippen molar-refractivity contribution in [3.63, 3.8) is 0 Å². The van der Waals surface area contributed by atoms with Gasteiger partial charge in [0, 0.05) is 6.92 Å². The zero-order valence-electron chi connectivity index (χ0n) is 2.69. The maximum Gasteiger partial charge on any atom is 0.321 e. The van der Waals surface area contributed by atoms with Crippen molar-refractivity contribution in [2.75, 3.05) is 0 Å². The summed E-state index contributed by atoms with van der Waals surface area (Å²) in [7, 11) is 0. The van der Waals surface area contributed by atoms with Gasteiger partial charge in [0.05, 0.1) is 0 Å². The summed E-state index contributed by atoms with van der Waals surface area (Å²) < 4.78 is 3.58. The molecule has 0 atom stereocenters. The maximum atomic E-state index is 9.46. The molecule has 0 aromatic heterocycles. The predicted molar refractivity (Wildman–Crippen MR) is 24.3 cm³/mol. The first-order valence-corrected chi connectivity index (χ1v) is 1.37. The highest BCUT2D eigenvalue weighted by Gasteiger charge is 1.79. The van der Waals surface area contributed by atoms with Gasteiger partial charge in [-0.25, -0.2) is 0 Å². The van der Waals surface area contributed by atoms with Gasteiger partial charge in [-0.2, -0.15) is 0 Å². The summed E-state index contributed by atoms with van der Waals surface area (Å²) in [5.74, 6) is -0.480. The Morgan fingerprint density at radius 1 is 1.83 bits per heavy atom. The molecule has 0 aliphatic rings.